The van der Waals surface area contributed by atoms with E-state index in [1.54, 1.807) is 30.3 Å². The van der Waals surface area contributed by atoms with Crippen molar-refractivity contribution in [3.05, 3.63) is 71.0 Å². The summed E-state index contributed by atoms with van der Waals surface area (Å²) in [5.41, 5.74) is 2.94. The lowest BCUT2D eigenvalue weighted by molar-refractivity contribution is -0.114. The zero-order chi connectivity index (χ0) is 20.1. The van der Waals surface area contributed by atoms with Gasteiger partial charge in [0.05, 0.1) is 0 Å². The Hall–Kier alpha value is -3.45. The van der Waals surface area contributed by atoms with Crippen LogP contribution in [0, 0.1) is 6.92 Å². The van der Waals surface area contributed by atoms with Gasteiger partial charge < -0.3 is 16.0 Å². The highest BCUT2D eigenvalue weighted by atomic mass is 35.5. The first-order valence-corrected chi connectivity index (χ1v) is 8.84. The third-order valence-corrected chi connectivity index (χ3v) is 4.25. The smallest absolute Gasteiger partial charge is 0.274 e. The molecule has 1 heterocycles. The fraction of sp³-hybridized carbons (Fsp3) is 0.100. The van der Waals surface area contributed by atoms with E-state index in [4.69, 9.17) is 11.6 Å². The monoisotopic (exact) mass is 395 g/mol. The van der Waals surface area contributed by atoms with Crippen molar-refractivity contribution in [2.75, 3.05) is 16.0 Å². The number of hydrogen-bond acceptors (Lipinski definition) is 5. The first kappa shape index (κ1) is 19.3. The molecule has 0 unspecified atom stereocenters. The largest absolute Gasteiger partial charge is 0.326 e. The van der Waals surface area contributed by atoms with Crippen LogP contribution in [-0.2, 0) is 4.79 Å². The normalized spacial score (nSPS) is 10.2. The predicted octanol–water partition coefficient (Wildman–Crippen LogP) is 4.39. The summed E-state index contributed by atoms with van der Waals surface area (Å²) in [6, 6.07) is 13.8. The molecular weight excluding hydrogens is 378 g/mol. The summed E-state index contributed by atoms with van der Waals surface area (Å²) in [7, 11) is 0. The molecule has 0 aliphatic heterocycles. The minimum atomic E-state index is -0.395. The maximum absolute atomic E-state index is 12.5. The molecule has 0 aliphatic carbocycles. The molecule has 8 heteroatoms. The second-order valence-electron chi connectivity index (χ2n) is 6.02. The van der Waals surface area contributed by atoms with Gasteiger partial charge in [-0.1, -0.05) is 23.7 Å². The zero-order valence-electron chi connectivity index (χ0n) is 15.3. The number of anilines is 4. The van der Waals surface area contributed by atoms with Crippen molar-refractivity contribution in [1.82, 2.24) is 9.97 Å². The lowest BCUT2D eigenvalue weighted by atomic mass is 10.2. The van der Waals surface area contributed by atoms with Crippen molar-refractivity contribution < 1.29 is 9.59 Å². The third kappa shape index (κ3) is 4.83. The van der Waals surface area contributed by atoms with Gasteiger partial charge in [0.15, 0.2) is 0 Å². The quantitative estimate of drug-likeness (QED) is 0.595. The SMILES string of the molecule is CC(=O)Nc1cccc(NC(=O)c2ccnc(Nc3cccc(Cl)c3C)n2)c1. The van der Waals surface area contributed by atoms with E-state index in [1.165, 1.54) is 19.2 Å². The Morgan fingerprint density at radius 1 is 1.00 bits per heavy atom. The van der Waals surface area contributed by atoms with Gasteiger partial charge in [-0.05, 0) is 48.9 Å². The molecule has 0 aliphatic rings. The Morgan fingerprint density at radius 2 is 1.71 bits per heavy atom. The average molecular weight is 396 g/mol. The summed E-state index contributed by atoms with van der Waals surface area (Å²) in [6.07, 6.45) is 1.50. The predicted molar refractivity (Wildman–Crippen MR) is 110 cm³/mol. The molecule has 142 valence electrons. The lowest BCUT2D eigenvalue weighted by Gasteiger charge is -2.10. The van der Waals surface area contributed by atoms with Crippen molar-refractivity contribution in [2.24, 2.45) is 0 Å². The summed E-state index contributed by atoms with van der Waals surface area (Å²) in [6.45, 7) is 3.30. The molecule has 0 atom stereocenters. The van der Waals surface area contributed by atoms with Crippen LogP contribution >= 0.6 is 11.6 Å². The maximum Gasteiger partial charge on any atom is 0.274 e. The maximum atomic E-state index is 12.5. The van der Waals surface area contributed by atoms with E-state index < -0.39 is 5.91 Å². The first-order chi connectivity index (χ1) is 13.4. The van der Waals surface area contributed by atoms with Gasteiger partial charge in [0, 0.05) is 35.2 Å². The molecule has 2 aromatic carbocycles. The van der Waals surface area contributed by atoms with Gasteiger partial charge in [-0.2, -0.15) is 0 Å². The molecule has 0 bridgehead atoms. The van der Waals surface area contributed by atoms with E-state index in [9.17, 15) is 9.59 Å². The molecule has 2 amide bonds. The molecule has 0 radical (unpaired) electrons. The fourth-order valence-corrected chi connectivity index (χ4v) is 2.66. The molecule has 3 aromatic rings. The molecular formula is C20H18ClN5O2. The van der Waals surface area contributed by atoms with E-state index in [2.05, 4.69) is 25.9 Å². The number of hydrogen-bond donors (Lipinski definition) is 3. The molecule has 3 rings (SSSR count). The van der Waals surface area contributed by atoms with Crippen LogP contribution in [-0.4, -0.2) is 21.8 Å². The highest BCUT2D eigenvalue weighted by Gasteiger charge is 2.11. The highest BCUT2D eigenvalue weighted by Crippen LogP contribution is 2.25. The Balaban J connectivity index is 1.75. The van der Waals surface area contributed by atoms with Crippen LogP contribution in [0.2, 0.25) is 5.02 Å². The zero-order valence-corrected chi connectivity index (χ0v) is 16.0. The van der Waals surface area contributed by atoms with E-state index >= 15 is 0 Å². The summed E-state index contributed by atoms with van der Waals surface area (Å²) in [4.78, 5) is 32.1. The Labute approximate surface area is 167 Å². The summed E-state index contributed by atoms with van der Waals surface area (Å²) < 4.78 is 0. The highest BCUT2D eigenvalue weighted by molar-refractivity contribution is 6.31. The molecule has 0 saturated heterocycles. The van der Waals surface area contributed by atoms with E-state index in [0.29, 0.717) is 16.4 Å². The number of nitrogens with zero attached hydrogens (tertiary/aromatic N) is 2. The van der Waals surface area contributed by atoms with Gasteiger partial charge in [0.2, 0.25) is 11.9 Å². The van der Waals surface area contributed by atoms with Gasteiger partial charge >= 0.3 is 0 Å². The number of halogens is 1. The van der Waals surface area contributed by atoms with Crippen molar-refractivity contribution in [1.29, 1.82) is 0 Å². The fourth-order valence-electron chi connectivity index (χ4n) is 2.48. The number of nitrogens with one attached hydrogen (secondary N) is 3. The molecule has 0 saturated carbocycles. The second kappa shape index (κ2) is 8.49. The van der Waals surface area contributed by atoms with Gasteiger partial charge in [0.25, 0.3) is 5.91 Å². The number of carbonyl (C=O) groups is 2. The summed E-state index contributed by atoms with van der Waals surface area (Å²) in [5, 5.41) is 9.11. The van der Waals surface area contributed by atoms with Crippen LogP contribution in [0.5, 0.6) is 0 Å². The van der Waals surface area contributed by atoms with Crippen molar-refractivity contribution in [3.8, 4) is 0 Å². The van der Waals surface area contributed by atoms with Gasteiger partial charge in [-0.15, -0.1) is 0 Å². The van der Waals surface area contributed by atoms with Crippen LogP contribution in [0.25, 0.3) is 0 Å². The molecule has 3 N–H and O–H groups in total. The number of benzene rings is 2. The molecule has 1 aromatic heterocycles. The van der Waals surface area contributed by atoms with Crippen LogP contribution in [0.3, 0.4) is 0 Å². The average Bonchev–Trinajstić information content (AvgIpc) is 2.65. The second-order valence-corrected chi connectivity index (χ2v) is 6.43. The van der Waals surface area contributed by atoms with Crippen molar-refractivity contribution in [3.63, 3.8) is 0 Å². The van der Waals surface area contributed by atoms with Crippen molar-refractivity contribution in [2.45, 2.75) is 13.8 Å². The standard InChI is InChI=1S/C20H18ClN5O2/c1-12-16(21)7-4-8-17(12)25-20-22-10-9-18(26-20)19(28)24-15-6-3-5-14(11-15)23-13(2)27/h3-11H,1-2H3,(H,23,27)(H,24,28)(H,22,25,26). The Bertz CT molecular complexity index is 1040. The Kier molecular flexibility index (Phi) is 5.86. The van der Waals surface area contributed by atoms with E-state index in [-0.39, 0.29) is 17.5 Å². The number of carbonyl (C=O) groups excluding carboxylic acids is 2. The number of aromatic nitrogens is 2. The van der Waals surface area contributed by atoms with E-state index in [0.717, 1.165) is 11.3 Å². The van der Waals surface area contributed by atoms with Crippen LogP contribution in [0.4, 0.5) is 23.0 Å². The van der Waals surface area contributed by atoms with Crippen LogP contribution < -0.4 is 16.0 Å². The number of rotatable bonds is 5. The van der Waals surface area contributed by atoms with Crippen LogP contribution in [0.15, 0.2) is 54.7 Å². The molecule has 0 fully saturated rings. The molecule has 0 spiro atoms. The third-order valence-electron chi connectivity index (χ3n) is 3.84. The van der Waals surface area contributed by atoms with Gasteiger partial charge in [-0.3, -0.25) is 9.59 Å². The Morgan fingerprint density at radius 3 is 2.46 bits per heavy atom. The van der Waals surface area contributed by atoms with Gasteiger partial charge in [0.1, 0.15) is 5.69 Å². The minimum Gasteiger partial charge on any atom is -0.326 e. The van der Waals surface area contributed by atoms with Crippen molar-refractivity contribution >= 4 is 46.4 Å². The lowest BCUT2D eigenvalue weighted by Crippen LogP contribution is -2.15. The van der Waals surface area contributed by atoms with E-state index in [1.807, 2.05) is 19.1 Å². The topological polar surface area (TPSA) is 96.0 Å². The van der Waals surface area contributed by atoms with Gasteiger partial charge in [-0.25, -0.2) is 9.97 Å². The molecule has 28 heavy (non-hydrogen) atoms. The number of amides is 2. The first-order valence-electron chi connectivity index (χ1n) is 8.46. The minimum absolute atomic E-state index is 0.189. The van der Waals surface area contributed by atoms with Crippen LogP contribution in [0.1, 0.15) is 23.0 Å². The summed E-state index contributed by atoms with van der Waals surface area (Å²) >= 11 is 6.13. The molecule has 7 nitrogen and oxygen atoms in total. The summed E-state index contributed by atoms with van der Waals surface area (Å²) in [5.74, 6) is -0.301.